The van der Waals surface area contributed by atoms with Gasteiger partial charge in [0.1, 0.15) is 5.75 Å². The molecule has 0 fully saturated rings. The van der Waals surface area contributed by atoms with Crippen molar-refractivity contribution >= 4 is 23.7 Å². The lowest BCUT2D eigenvalue weighted by atomic mass is 10.1. The average molecular weight is 353 g/mol. The maximum atomic E-state index is 12.1. The van der Waals surface area contributed by atoms with Crippen molar-refractivity contribution < 1.29 is 14.3 Å². The molecule has 26 heavy (non-hydrogen) atoms. The second-order valence-corrected chi connectivity index (χ2v) is 6.16. The van der Waals surface area contributed by atoms with E-state index in [2.05, 4.69) is 15.8 Å². The summed E-state index contributed by atoms with van der Waals surface area (Å²) in [4.78, 5) is 23.9. The molecule has 0 aromatic heterocycles. The third-order valence-electron chi connectivity index (χ3n) is 3.53. The quantitative estimate of drug-likeness (QED) is 0.591. The second-order valence-electron chi connectivity index (χ2n) is 6.16. The molecule has 0 saturated carbocycles. The van der Waals surface area contributed by atoms with Gasteiger partial charge in [0, 0.05) is 23.2 Å². The number of nitrogens with zero attached hydrogens (tertiary/aromatic N) is 1. The molecule has 2 aromatic rings. The minimum absolute atomic E-state index is 0.0430. The predicted octanol–water partition coefficient (Wildman–Crippen LogP) is 3.44. The summed E-state index contributed by atoms with van der Waals surface area (Å²) in [5.74, 6) is 0.586. The summed E-state index contributed by atoms with van der Waals surface area (Å²) >= 11 is 0. The molecule has 0 aliphatic heterocycles. The number of hydrogen-bond acceptors (Lipinski definition) is 4. The predicted molar refractivity (Wildman–Crippen MR) is 103 cm³/mol. The molecule has 2 amide bonds. The Morgan fingerprint density at radius 3 is 2.46 bits per heavy atom. The van der Waals surface area contributed by atoms with Crippen LogP contribution in [0, 0.1) is 5.92 Å². The van der Waals surface area contributed by atoms with Crippen molar-refractivity contribution in [3.05, 3.63) is 59.7 Å². The molecule has 0 saturated heterocycles. The van der Waals surface area contributed by atoms with Gasteiger partial charge in [0.15, 0.2) is 0 Å². The Hall–Kier alpha value is -3.15. The fourth-order valence-corrected chi connectivity index (χ4v) is 2.29. The van der Waals surface area contributed by atoms with Crippen LogP contribution < -0.4 is 15.5 Å². The molecular formula is C20H23N3O3. The summed E-state index contributed by atoms with van der Waals surface area (Å²) in [7, 11) is 1.58. The SMILES string of the molecule is COc1ccccc1/C=N/NC(=O)c1ccc(NC(=O)CC(C)C)cc1. The molecule has 0 aliphatic rings. The molecular weight excluding hydrogens is 330 g/mol. The van der Waals surface area contributed by atoms with Gasteiger partial charge in [-0.3, -0.25) is 9.59 Å². The first kappa shape index (κ1) is 19.2. The van der Waals surface area contributed by atoms with Crippen molar-refractivity contribution in [3.8, 4) is 5.75 Å². The summed E-state index contributed by atoms with van der Waals surface area (Å²) in [6.45, 7) is 3.97. The molecule has 0 unspecified atom stereocenters. The monoisotopic (exact) mass is 353 g/mol. The molecule has 136 valence electrons. The molecule has 6 nitrogen and oxygen atoms in total. The van der Waals surface area contributed by atoms with E-state index in [0.717, 1.165) is 5.56 Å². The van der Waals surface area contributed by atoms with Crippen LogP contribution in [-0.2, 0) is 4.79 Å². The zero-order chi connectivity index (χ0) is 18.9. The van der Waals surface area contributed by atoms with Gasteiger partial charge >= 0.3 is 0 Å². The molecule has 0 atom stereocenters. The number of methoxy groups -OCH3 is 1. The number of hydrazone groups is 1. The molecule has 2 aromatic carbocycles. The van der Waals surface area contributed by atoms with E-state index in [1.807, 2.05) is 38.1 Å². The number of nitrogens with one attached hydrogen (secondary N) is 2. The molecule has 0 spiro atoms. The Labute approximate surface area is 153 Å². The van der Waals surface area contributed by atoms with Gasteiger partial charge in [-0.2, -0.15) is 5.10 Å². The van der Waals surface area contributed by atoms with Crippen molar-refractivity contribution in [1.29, 1.82) is 0 Å². The zero-order valence-electron chi connectivity index (χ0n) is 15.2. The van der Waals surface area contributed by atoms with E-state index in [0.29, 0.717) is 29.3 Å². The van der Waals surface area contributed by atoms with Gasteiger partial charge in [-0.25, -0.2) is 5.43 Å². The lowest BCUT2D eigenvalue weighted by Gasteiger charge is -2.07. The third-order valence-corrected chi connectivity index (χ3v) is 3.53. The van der Waals surface area contributed by atoms with Gasteiger partial charge in [0.05, 0.1) is 13.3 Å². The highest BCUT2D eigenvalue weighted by molar-refractivity contribution is 5.96. The number of anilines is 1. The lowest BCUT2D eigenvalue weighted by Crippen LogP contribution is -2.18. The minimum atomic E-state index is -0.337. The van der Waals surface area contributed by atoms with E-state index < -0.39 is 0 Å². The number of hydrogen-bond donors (Lipinski definition) is 2. The van der Waals surface area contributed by atoms with E-state index in [-0.39, 0.29) is 11.8 Å². The summed E-state index contributed by atoms with van der Waals surface area (Å²) in [5, 5.41) is 6.76. The van der Waals surface area contributed by atoms with Gasteiger partial charge < -0.3 is 10.1 Å². The van der Waals surface area contributed by atoms with Crippen LogP contribution in [0.1, 0.15) is 36.2 Å². The van der Waals surface area contributed by atoms with Crippen LogP contribution in [-0.4, -0.2) is 25.1 Å². The number of benzene rings is 2. The molecule has 0 aliphatic carbocycles. The Balaban J connectivity index is 1.93. The number of amides is 2. The summed E-state index contributed by atoms with van der Waals surface area (Å²) in [6.07, 6.45) is 1.98. The van der Waals surface area contributed by atoms with E-state index in [4.69, 9.17) is 4.74 Å². The first-order valence-corrected chi connectivity index (χ1v) is 8.36. The standard InChI is InChI=1S/C20H23N3O3/c1-14(2)12-19(24)22-17-10-8-15(9-11-17)20(25)23-21-13-16-6-4-5-7-18(16)26-3/h4-11,13-14H,12H2,1-3H3,(H,22,24)(H,23,25)/b21-13+. The lowest BCUT2D eigenvalue weighted by molar-refractivity contribution is -0.116. The third kappa shape index (κ3) is 5.73. The molecule has 0 radical (unpaired) electrons. The average Bonchev–Trinajstić information content (AvgIpc) is 2.62. The van der Waals surface area contributed by atoms with Crippen molar-refractivity contribution in [2.75, 3.05) is 12.4 Å². The van der Waals surface area contributed by atoms with E-state index >= 15 is 0 Å². The van der Waals surface area contributed by atoms with Crippen LogP contribution in [0.25, 0.3) is 0 Å². The highest BCUT2D eigenvalue weighted by Crippen LogP contribution is 2.14. The van der Waals surface area contributed by atoms with Gasteiger partial charge in [-0.1, -0.05) is 26.0 Å². The van der Waals surface area contributed by atoms with E-state index in [9.17, 15) is 9.59 Å². The van der Waals surface area contributed by atoms with E-state index in [1.54, 1.807) is 31.4 Å². The highest BCUT2D eigenvalue weighted by atomic mass is 16.5. The van der Waals surface area contributed by atoms with Crippen LogP contribution in [0.15, 0.2) is 53.6 Å². The molecule has 0 bridgehead atoms. The molecule has 2 N–H and O–H groups in total. The van der Waals surface area contributed by atoms with Crippen molar-refractivity contribution in [1.82, 2.24) is 5.43 Å². The Bertz CT molecular complexity index is 783. The number of rotatable bonds is 7. The zero-order valence-corrected chi connectivity index (χ0v) is 15.2. The molecule has 2 rings (SSSR count). The first-order valence-electron chi connectivity index (χ1n) is 8.36. The normalized spacial score (nSPS) is 10.8. The Morgan fingerprint density at radius 2 is 1.81 bits per heavy atom. The largest absolute Gasteiger partial charge is 0.496 e. The number of ether oxygens (including phenoxy) is 1. The van der Waals surface area contributed by atoms with Crippen LogP contribution in [0.5, 0.6) is 5.75 Å². The first-order chi connectivity index (χ1) is 12.5. The maximum Gasteiger partial charge on any atom is 0.271 e. The highest BCUT2D eigenvalue weighted by Gasteiger charge is 2.07. The van der Waals surface area contributed by atoms with Gasteiger partial charge in [0.25, 0.3) is 5.91 Å². The van der Waals surface area contributed by atoms with Crippen LogP contribution in [0.2, 0.25) is 0 Å². The topological polar surface area (TPSA) is 79.8 Å². The van der Waals surface area contributed by atoms with Crippen LogP contribution in [0.4, 0.5) is 5.69 Å². The molecule has 0 heterocycles. The van der Waals surface area contributed by atoms with Crippen LogP contribution >= 0.6 is 0 Å². The minimum Gasteiger partial charge on any atom is -0.496 e. The number of carbonyl (C=O) groups excluding carboxylic acids is 2. The summed E-state index contributed by atoms with van der Waals surface area (Å²) in [6, 6.07) is 14.0. The van der Waals surface area contributed by atoms with Gasteiger partial charge in [-0.05, 0) is 42.3 Å². The van der Waals surface area contributed by atoms with Crippen LogP contribution in [0.3, 0.4) is 0 Å². The van der Waals surface area contributed by atoms with Crippen molar-refractivity contribution in [2.24, 2.45) is 11.0 Å². The molecule has 6 heteroatoms. The van der Waals surface area contributed by atoms with Gasteiger partial charge in [-0.15, -0.1) is 0 Å². The van der Waals surface area contributed by atoms with E-state index in [1.165, 1.54) is 6.21 Å². The van der Waals surface area contributed by atoms with Crippen molar-refractivity contribution in [3.63, 3.8) is 0 Å². The number of para-hydroxylation sites is 1. The fourth-order valence-electron chi connectivity index (χ4n) is 2.29. The maximum absolute atomic E-state index is 12.1. The Morgan fingerprint density at radius 1 is 1.12 bits per heavy atom. The fraction of sp³-hybridized carbons (Fsp3) is 0.250. The Kier molecular flexibility index (Phi) is 6.91. The summed E-state index contributed by atoms with van der Waals surface area (Å²) in [5.41, 5.74) is 4.34. The van der Waals surface area contributed by atoms with Gasteiger partial charge in [0.2, 0.25) is 5.91 Å². The second kappa shape index (κ2) is 9.36. The smallest absolute Gasteiger partial charge is 0.271 e. The number of carbonyl (C=O) groups is 2. The van der Waals surface area contributed by atoms with Crippen molar-refractivity contribution in [2.45, 2.75) is 20.3 Å². The summed E-state index contributed by atoms with van der Waals surface area (Å²) < 4.78 is 5.22.